The lowest BCUT2D eigenvalue weighted by molar-refractivity contribution is 0.0902. The summed E-state index contributed by atoms with van der Waals surface area (Å²) in [5.41, 5.74) is 0. The molecule has 2 N–H and O–H groups in total. The lowest BCUT2D eigenvalue weighted by atomic mass is 10.1. The first kappa shape index (κ1) is 15.2. The normalized spacial score (nSPS) is 27.5. The van der Waals surface area contributed by atoms with Gasteiger partial charge in [0.15, 0.2) is 0 Å². The van der Waals surface area contributed by atoms with Gasteiger partial charge in [-0.25, -0.2) is 13.1 Å². The summed E-state index contributed by atoms with van der Waals surface area (Å²) in [6, 6.07) is -0.129. The molecule has 19 heavy (non-hydrogen) atoms. The summed E-state index contributed by atoms with van der Waals surface area (Å²) in [4.78, 5) is 2.19. The number of piperazine rings is 1. The number of hydrogen-bond donors (Lipinski definition) is 2. The molecule has 112 valence electrons. The van der Waals surface area contributed by atoms with Crippen molar-refractivity contribution in [3.05, 3.63) is 0 Å². The van der Waals surface area contributed by atoms with Crippen molar-refractivity contribution in [2.75, 3.05) is 45.1 Å². The second-order valence-electron chi connectivity index (χ2n) is 5.37. The van der Waals surface area contributed by atoms with Crippen LogP contribution in [0.5, 0.6) is 0 Å². The van der Waals surface area contributed by atoms with E-state index >= 15 is 0 Å². The summed E-state index contributed by atoms with van der Waals surface area (Å²) in [6.07, 6.45) is 2.01. The highest BCUT2D eigenvalue weighted by atomic mass is 32.2. The van der Waals surface area contributed by atoms with Crippen LogP contribution in [0.1, 0.15) is 19.8 Å². The molecule has 2 saturated heterocycles. The largest absolute Gasteiger partial charge is 0.377 e. The third-order valence-corrected chi connectivity index (χ3v) is 5.22. The number of hydrogen-bond acceptors (Lipinski definition) is 5. The minimum atomic E-state index is -3.21. The molecule has 2 unspecified atom stereocenters. The van der Waals surface area contributed by atoms with Gasteiger partial charge in [-0.15, -0.1) is 0 Å². The van der Waals surface area contributed by atoms with Crippen molar-refractivity contribution in [1.82, 2.24) is 14.9 Å². The van der Waals surface area contributed by atoms with E-state index in [1.165, 1.54) is 0 Å². The van der Waals surface area contributed by atoms with Crippen LogP contribution in [0, 0.1) is 0 Å². The van der Waals surface area contributed by atoms with Gasteiger partial charge in [-0.05, 0) is 19.8 Å². The Kier molecular flexibility index (Phi) is 5.58. The van der Waals surface area contributed by atoms with Crippen LogP contribution < -0.4 is 10.0 Å². The van der Waals surface area contributed by atoms with Crippen LogP contribution in [0.4, 0.5) is 0 Å². The second kappa shape index (κ2) is 6.99. The summed E-state index contributed by atoms with van der Waals surface area (Å²) in [5, 5.41) is 3.26. The molecule has 7 heteroatoms. The molecule has 0 aromatic heterocycles. The third-order valence-electron chi connectivity index (χ3n) is 3.77. The molecule has 0 aromatic carbocycles. The third kappa shape index (κ3) is 5.00. The molecular formula is C12H25N3O3S. The average Bonchev–Trinajstić information content (AvgIpc) is 2.91. The number of sulfonamides is 1. The summed E-state index contributed by atoms with van der Waals surface area (Å²) in [6.45, 7) is 6.98. The summed E-state index contributed by atoms with van der Waals surface area (Å²) in [5.74, 6) is 0.171. The Morgan fingerprint density at radius 3 is 2.79 bits per heavy atom. The Labute approximate surface area is 115 Å². The first-order valence-corrected chi connectivity index (χ1v) is 8.77. The maximum absolute atomic E-state index is 12.0. The van der Waals surface area contributed by atoms with Gasteiger partial charge in [-0.1, -0.05) is 0 Å². The van der Waals surface area contributed by atoms with Gasteiger partial charge in [0.25, 0.3) is 0 Å². The van der Waals surface area contributed by atoms with Crippen molar-refractivity contribution in [3.63, 3.8) is 0 Å². The van der Waals surface area contributed by atoms with Gasteiger partial charge in [-0.3, -0.25) is 4.90 Å². The molecule has 2 atom stereocenters. The SMILES string of the molecule is CC(NS(=O)(=O)CCN1CCNCC1)C1CCCO1. The first-order valence-electron chi connectivity index (χ1n) is 7.11. The smallest absolute Gasteiger partial charge is 0.213 e. The van der Waals surface area contributed by atoms with Gasteiger partial charge in [0.1, 0.15) is 0 Å². The first-order chi connectivity index (χ1) is 9.07. The molecule has 0 radical (unpaired) electrons. The molecule has 6 nitrogen and oxygen atoms in total. The lowest BCUT2D eigenvalue weighted by Gasteiger charge is -2.27. The van der Waals surface area contributed by atoms with E-state index in [0.29, 0.717) is 6.54 Å². The quantitative estimate of drug-likeness (QED) is 0.682. The van der Waals surface area contributed by atoms with Gasteiger partial charge >= 0.3 is 0 Å². The van der Waals surface area contributed by atoms with E-state index in [9.17, 15) is 8.42 Å². The van der Waals surface area contributed by atoms with Crippen LogP contribution in [-0.4, -0.2) is 70.5 Å². The Bertz CT molecular complexity index is 362. The van der Waals surface area contributed by atoms with Crippen molar-refractivity contribution in [3.8, 4) is 0 Å². The highest BCUT2D eigenvalue weighted by Crippen LogP contribution is 2.15. The van der Waals surface area contributed by atoms with Crippen LogP contribution in [0.3, 0.4) is 0 Å². The number of rotatable bonds is 6. The van der Waals surface area contributed by atoms with Crippen LogP contribution in [0.25, 0.3) is 0 Å². The van der Waals surface area contributed by atoms with Gasteiger partial charge in [0.2, 0.25) is 10.0 Å². The molecular weight excluding hydrogens is 266 g/mol. The van der Waals surface area contributed by atoms with Crippen molar-refractivity contribution in [1.29, 1.82) is 0 Å². The van der Waals surface area contributed by atoms with Crippen molar-refractivity contribution < 1.29 is 13.2 Å². The average molecular weight is 291 g/mol. The molecule has 2 fully saturated rings. The van der Waals surface area contributed by atoms with Crippen molar-refractivity contribution in [2.45, 2.75) is 31.9 Å². The van der Waals surface area contributed by atoms with Crippen LogP contribution >= 0.6 is 0 Å². The van der Waals surface area contributed by atoms with Gasteiger partial charge in [0, 0.05) is 45.4 Å². The van der Waals surface area contributed by atoms with E-state index in [1.54, 1.807) is 0 Å². The molecule has 2 aliphatic rings. The summed E-state index contributed by atoms with van der Waals surface area (Å²) >= 11 is 0. The zero-order chi connectivity index (χ0) is 13.7. The van der Waals surface area contributed by atoms with Gasteiger partial charge in [0.05, 0.1) is 11.9 Å². The minimum Gasteiger partial charge on any atom is -0.377 e. The predicted octanol–water partition coefficient (Wildman–Crippen LogP) is -0.621. The molecule has 2 heterocycles. The minimum absolute atomic E-state index is 0.0361. The van der Waals surface area contributed by atoms with E-state index < -0.39 is 10.0 Å². The standard InChI is InChI=1S/C12H25N3O3S/c1-11(12-3-2-9-18-12)14-19(16,17)10-8-15-6-4-13-5-7-15/h11-14H,2-10H2,1H3. The highest BCUT2D eigenvalue weighted by Gasteiger charge is 2.26. The maximum atomic E-state index is 12.0. The monoisotopic (exact) mass is 291 g/mol. The van der Waals surface area contributed by atoms with E-state index in [-0.39, 0.29) is 17.9 Å². The van der Waals surface area contributed by atoms with E-state index in [4.69, 9.17) is 4.74 Å². The topological polar surface area (TPSA) is 70.7 Å². The Morgan fingerprint density at radius 1 is 1.42 bits per heavy atom. The fraction of sp³-hybridized carbons (Fsp3) is 1.00. The highest BCUT2D eigenvalue weighted by molar-refractivity contribution is 7.89. The summed E-state index contributed by atoms with van der Waals surface area (Å²) in [7, 11) is -3.21. The van der Waals surface area contributed by atoms with E-state index in [0.717, 1.165) is 45.6 Å². The van der Waals surface area contributed by atoms with Crippen LogP contribution in [0.2, 0.25) is 0 Å². The Balaban J connectivity index is 1.74. The van der Waals surface area contributed by atoms with Crippen molar-refractivity contribution in [2.24, 2.45) is 0 Å². The van der Waals surface area contributed by atoms with E-state index in [1.807, 2.05) is 6.92 Å². The fourth-order valence-electron chi connectivity index (χ4n) is 2.60. The summed E-state index contributed by atoms with van der Waals surface area (Å²) < 4.78 is 32.3. The molecule has 0 amide bonds. The van der Waals surface area contributed by atoms with Crippen molar-refractivity contribution >= 4 is 10.0 Å². The number of ether oxygens (including phenoxy) is 1. The molecule has 0 aliphatic carbocycles. The zero-order valence-corrected chi connectivity index (χ0v) is 12.4. The van der Waals surface area contributed by atoms with E-state index in [2.05, 4.69) is 14.9 Å². The predicted molar refractivity (Wildman–Crippen MR) is 74.7 cm³/mol. The lowest BCUT2D eigenvalue weighted by Crippen LogP contribution is -2.47. The molecule has 2 aliphatic heterocycles. The van der Waals surface area contributed by atoms with Gasteiger partial charge < -0.3 is 10.1 Å². The molecule has 0 saturated carbocycles. The van der Waals surface area contributed by atoms with Gasteiger partial charge in [-0.2, -0.15) is 0 Å². The Morgan fingerprint density at radius 2 is 2.16 bits per heavy atom. The molecule has 0 bridgehead atoms. The zero-order valence-electron chi connectivity index (χ0n) is 11.6. The van der Waals surface area contributed by atoms with Crippen LogP contribution in [0.15, 0.2) is 0 Å². The second-order valence-corrected chi connectivity index (χ2v) is 7.24. The molecule has 2 rings (SSSR count). The van der Waals surface area contributed by atoms with Crippen LogP contribution in [-0.2, 0) is 14.8 Å². The molecule has 0 aromatic rings. The fourth-order valence-corrected chi connectivity index (χ4v) is 3.93. The number of nitrogens with zero attached hydrogens (tertiary/aromatic N) is 1. The maximum Gasteiger partial charge on any atom is 0.213 e. The molecule has 0 spiro atoms. The Hall–Kier alpha value is -0.210. The number of nitrogens with one attached hydrogen (secondary N) is 2.